The first kappa shape index (κ1) is 17.2. The van der Waals surface area contributed by atoms with E-state index in [1.165, 1.54) is 64.2 Å². The summed E-state index contributed by atoms with van der Waals surface area (Å²) >= 11 is 0. The minimum absolute atomic E-state index is 0.354. The van der Waals surface area contributed by atoms with Crippen molar-refractivity contribution in [1.29, 1.82) is 0 Å². The molecule has 0 saturated heterocycles. The van der Waals surface area contributed by atoms with Crippen molar-refractivity contribution in [2.45, 2.75) is 83.3 Å². The van der Waals surface area contributed by atoms with Gasteiger partial charge in [0.25, 0.3) is 0 Å². The number of nitrogens with one attached hydrogen (secondary N) is 1. The maximum Gasteiger partial charge on any atom is 0.0897 e. The molecule has 0 aromatic carbocycles. The van der Waals surface area contributed by atoms with Crippen molar-refractivity contribution in [1.82, 2.24) is 5.32 Å². The SMILES string of the molecule is CCC1CCCCC1OCC(O)CNCC1CCCCC1. The van der Waals surface area contributed by atoms with Crippen molar-refractivity contribution in [2.24, 2.45) is 11.8 Å². The predicted molar refractivity (Wildman–Crippen MR) is 87.4 cm³/mol. The molecule has 3 unspecified atom stereocenters. The molecule has 2 rings (SSSR count). The predicted octanol–water partition coefficient (Wildman–Crippen LogP) is 3.50. The van der Waals surface area contributed by atoms with E-state index in [2.05, 4.69) is 12.2 Å². The maximum atomic E-state index is 10.1. The number of hydrogen-bond acceptors (Lipinski definition) is 3. The van der Waals surface area contributed by atoms with E-state index in [-0.39, 0.29) is 6.10 Å². The minimum atomic E-state index is -0.354. The second kappa shape index (κ2) is 9.81. The first-order chi connectivity index (χ1) is 10.3. The second-order valence-electron chi connectivity index (χ2n) is 7.14. The Bertz CT molecular complexity index is 266. The molecule has 0 bridgehead atoms. The molecule has 3 nitrogen and oxygen atoms in total. The summed E-state index contributed by atoms with van der Waals surface area (Å²) in [7, 11) is 0. The zero-order chi connectivity index (χ0) is 14.9. The normalized spacial score (nSPS) is 29.4. The fourth-order valence-electron chi connectivity index (χ4n) is 4.00. The summed E-state index contributed by atoms with van der Waals surface area (Å²) in [5, 5.41) is 13.5. The van der Waals surface area contributed by atoms with Crippen LogP contribution in [0.15, 0.2) is 0 Å². The van der Waals surface area contributed by atoms with Crippen LogP contribution in [-0.4, -0.2) is 37.0 Å². The van der Waals surface area contributed by atoms with E-state index in [9.17, 15) is 5.11 Å². The monoisotopic (exact) mass is 297 g/mol. The molecule has 0 radical (unpaired) electrons. The molecule has 2 fully saturated rings. The number of rotatable bonds is 8. The van der Waals surface area contributed by atoms with Crippen molar-refractivity contribution in [3.05, 3.63) is 0 Å². The Kier molecular flexibility index (Phi) is 8.05. The molecule has 0 spiro atoms. The summed E-state index contributed by atoms with van der Waals surface area (Å²) in [5.41, 5.74) is 0. The van der Waals surface area contributed by atoms with Gasteiger partial charge in [0.1, 0.15) is 0 Å². The highest BCUT2D eigenvalue weighted by Gasteiger charge is 2.24. The lowest BCUT2D eigenvalue weighted by atomic mass is 9.85. The molecule has 2 N–H and O–H groups in total. The summed E-state index contributed by atoms with van der Waals surface area (Å²) in [4.78, 5) is 0. The molecule has 3 heteroatoms. The molecule has 0 aliphatic heterocycles. The lowest BCUT2D eigenvalue weighted by Gasteiger charge is -2.31. The Balaban J connectivity index is 1.55. The molecule has 2 aliphatic rings. The fourth-order valence-corrected chi connectivity index (χ4v) is 4.00. The zero-order valence-electron chi connectivity index (χ0n) is 13.9. The van der Waals surface area contributed by atoms with Gasteiger partial charge in [-0.2, -0.15) is 0 Å². The van der Waals surface area contributed by atoms with Crippen LogP contribution in [0, 0.1) is 11.8 Å². The number of aliphatic hydroxyl groups is 1. The van der Waals surface area contributed by atoms with Crippen molar-refractivity contribution in [2.75, 3.05) is 19.7 Å². The van der Waals surface area contributed by atoms with Gasteiger partial charge in [-0.15, -0.1) is 0 Å². The van der Waals surface area contributed by atoms with Gasteiger partial charge in [0.2, 0.25) is 0 Å². The van der Waals surface area contributed by atoms with E-state index >= 15 is 0 Å². The minimum Gasteiger partial charge on any atom is -0.389 e. The molecule has 0 aromatic rings. The number of aliphatic hydroxyl groups excluding tert-OH is 1. The molecule has 21 heavy (non-hydrogen) atoms. The molecule has 0 heterocycles. The zero-order valence-corrected chi connectivity index (χ0v) is 13.9. The van der Waals surface area contributed by atoms with Crippen LogP contribution in [0.5, 0.6) is 0 Å². The standard InChI is InChI=1S/C18H35NO2/c1-2-16-10-6-7-11-18(16)21-14-17(20)13-19-12-15-8-4-3-5-9-15/h15-20H,2-14H2,1H3. The van der Waals surface area contributed by atoms with E-state index in [1.807, 2.05) is 0 Å². The third-order valence-corrected chi connectivity index (χ3v) is 5.40. The van der Waals surface area contributed by atoms with Crippen LogP contribution in [0.3, 0.4) is 0 Å². The van der Waals surface area contributed by atoms with Gasteiger partial charge < -0.3 is 15.2 Å². The van der Waals surface area contributed by atoms with Crippen LogP contribution < -0.4 is 5.32 Å². The first-order valence-electron chi connectivity index (χ1n) is 9.30. The molecule has 0 aromatic heterocycles. The summed E-state index contributed by atoms with van der Waals surface area (Å²) in [6.45, 7) is 4.51. The number of hydrogen-bond donors (Lipinski definition) is 2. The molecule has 3 atom stereocenters. The van der Waals surface area contributed by atoms with Gasteiger partial charge >= 0.3 is 0 Å². The first-order valence-corrected chi connectivity index (χ1v) is 9.30. The summed E-state index contributed by atoms with van der Waals surface area (Å²) in [6, 6.07) is 0. The average molecular weight is 297 g/mol. The van der Waals surface area contributed by atoms with Crippen LogP contribution in [0.4, 0.5) is 0 Å². The molecule has 124 valence electrons. The van der Waals surface area contributed by atoms with Crippen molar-refractivity contribution in [3.8, 4) is 0 Å². The molecule has 2 aliphatic carbocycles. The molecule has 0 amide bonds. The summed E-state index contributed by atoms with van der Waals surface area (Å²) in [5.74, 6) is 1.54. The molecular formula is C18H35NO2. The molecule has 2 saturated carbocycles. The van der Waals surface area contributed by atoms with Gasteiger partial charge in [-0.25, -0.2) is 0 Å². The fraction of sp³-hybridized carbons (Fsp3) is 1.00. The second-order valence-corrected chi connectivity index (χ2v) is 7.14. The number of ether oxygens (including phenoxy) is 1. The van der Waals surface area contributed by atoms with Crippen LogP contribution in [0.1, 0.15) is 71.1 Å². The highest BCUT2D eigenvalue weighted by Crippen LogP contribution is 2.29. The van der Waals surface area contributed by atoms with Crippen LogP contribution in [0.2, 0.25) is 0 Å². The Morgan fingerprint density at radius 3 is 2.52 bits per heavy atom. The average Bonchev–Trinajstić information content (AvgIpc) is 2.54. The van der Waals surface area contributed by atoms with Gasteiger partial charge in [0.05, 0.1) is 18.8 Å². The third-order valence-electron chi connectivity index (χ3n) is 5.40. The third kappa shape index (κ3) is 6.25. The van der Waals surface area contributed by atoms with Crippen molar-refractivity contribution in [3.63, 3.8) is 0 Å². The van der Waals surface area contributed by atoms with Crippen LogP contribution >= 0.6 is 0 Å². The van der Waals surface area contributed by atoms with Gasteiger partial charge in [0.15, 0.2) is 0 Å². The van der Waals surface area contributed by atoms with Gasteiger partial charge in [-0.1, -0.05) is 45.4 Å². The van der Waals surface area contributed by atoms with E-state index in [0.29, 0.717) is 25.2 Å². The van der Waals surface area contributed by atoms with E-state index in [1.54, 1.807) is 0 Å². The Labute approximate surface area is 130 Å². The van der Waals surface area contributed by atoms with Crippen molar-refractivity contribution < 1.29 is 9.84 Å². The van der Waals surface area contributed by atoms with Gasteiger partial charge in [0, 0.05) is 6.54 Å². The largest absolute Gasteiger partial charge is 0.389 e. The lowest BCUT2D eigenvalue weighted by molar-refractivity contribution is -0.0500. The van der Waals surface area contributed by atoms with Crippen molar-refractivity contribution >= 4 is 0 Å². The van der Waals surface area contributed by atoms with E-state index in [0.717, 1.165) is 12.5 Å². The maximum absolute atomic E-state index is 10.1. The lowest BCUT2D eigenvalue weighted by Crippen LogP contribution is -2.36. The quantitative estimate of drug-likeness (QED) is 0.720. The topological polar surface area (TPSA) is 41.5 Å². The summed E-state index contributed by atoms with van der Waals surface area (Å²) in [6.07, 6.45) is 13.3. The highest BCUT2D eigenvalue weighted by molar-refractivity contribution is 4.76. The smallest absolute Gasteiger partial charge is 0.0897 e. The van der Waals surface area contributed by atoms with Crippen LogP contribution in [-0.2, 0) is 4.74 Å². The Morgan fingerprint density at radius 1 is 1.05 bits per heavy atom. The van der Waals surface area contributed by atoms with Gasteiger partial charge in [-0.3, -0.25) is 0 Å². The van der Waals surface area contributed by atoms with Crippen LogP contribution in [0.25, 0.3) is 0 Å². The Hall–Kier alpha value is -0.120. The Morgan fingerprint density at radius 2 is 1.76 bits per heavy atom. The molecular weight excluding hydrogens is 262 g/mol. The highest BCUT2D eigenvalue weighted by atomic mass is 16.5. The van der Waals surface area contributed by atoms with Gasteiger partial charge in [-0.05, 0) is 44.1 Å². The van der Waals surface area contributed by atoms with E-state index < -0.39 is 0 Å². The summed E-state index contributed by atoms with van der Waals surface area (Å²) < 4.78 is 6.00. The van der Waals surface area contributed by atoms with E-state index in [4.69, 9.17) is 4.74 Å².